The van der Waals surface area contributed by atoms with Crippen molar-refractivity contribution in [1.82, 2.24) is 0 Å². The van der Waals surface area contributed by atoms with Crippen molar-refractivity contribution < 1.29 is 5.11 Å². The van der Waals surface area contributed by atoms with E-state index in [0.29, 0.717) is 0 Å². The van der Waals surface area contributed by atoms with E-state index >= 15 is 0 Å². The van der Waals surface area contributed by atoms with E-state index in [-0.39, 0.29) is 6.61 Å². The molecule has 0 aliphatic carbocycles. The maximum atomic E-state index is 9.30. The predicted molar refractivity (Wildman–Crippen MR) is 70.9 cm³/mol. The first-order chi connectivity index (χ1) is 8.31. The second kappa shape index (κ2) is 5.51. The standard InChI is InChI=1S/C15H17NO/c1-12-6-5-9-14(11-17)15(12)16-10-13-7-3-2-4-8-13/h2-9,16-17H,10-11H2,1H3. The average molecular weight is 227 g/mol. The molecule has 0 fully saturated rings. The minimum absolute atomic E-state index is 0.0683. The monoisotopic (exact) mass is 227 g/mol. The third kappa shape index (κ3) is 2.86. The summed E-state index contributed by atoms with van der Waals surface area (Å²) in [4.78, 5) is 0. The van der Waals surface area contributed by atoms with Crippen LogP contribution in [-0.4, -0.2) is 5.11 Å². The van der Waals surface area contributed by atoms with E-state index in [2.05, 4.69) is 17.4 Å². The lowest BCUT2D eigenvalue weighted by Gasteiger charge is -2.13. The van der Waals surface area contributed by atoms with E-state index in [4.69, 9.17) is 0 Å². The topological polar surface area (TPSA) is 32.3 Å². The van der Waals surface area contributed by atoms with Gasteiger partial charge in [-0.05, 0) is 18.1 Å². The highest BCUT2D eigenvalue weighted by atomic mass is 16.3. The second-order valence-electron chi connectivity index (χ2n) is 4.11. The fourth-order valence-electron chi connectivity index (χ4n) is 1.90. The number of benzene rings is 2. The third-order valence-electron chi connectivity index (χ3n) is 2.84. The smallest absolute Gasteiger partial charge is 0.0702 e. The Balaban J connectivity index is 2.14. The van der Waals surface area contributed by atoms with Crippen LogP contribution in [0.15, 0.2) is 48.5 Å². The molecule has 0 bridgehead atoms. The summed E-state index contributed by atoms with van der Waals surface area (Å²) < 4.78 is 0. The van der Waals surface area contributed by atoms with Gasteiger partial charge in [-0.3, -0.25) is 0 Å². The molecule has 2 N–H and O–H groups in total. The molecule has 2 aromatic rings. The first-order valence-corrected chi connectivity index (χ1v) is 5.78. The van der Waals surface area contributed by atoms with Crippen LogP contribution in [0.25, 0.3) is 0 Å². The van der Waals surface area contributed by atoms with E-state index in [0.717, 1.165) is 23.4 Å². The summed E-state index contributed by atoms with van der Waals surface area (Å²) in [5, 5.41) is 12.7. The van der Waals surface area contributed by atoms with Crippen molar-refractivity contribution in [3.05, 3.63) is 65.2 Å². The molecule has 0 unspecified atom stereocenters. The zero-order valence-corrected chi connectivity index (χ0v) is 9.98. The highest BCUT2D eigenvalue weighted by Crippen LogP contribution is 2.21. The lowest BCUT2D eigenvalue weighted by molar-refractivity contribution is 0.282. The lowest BCUT2D eigenvalue weighted by atomic mass is 10.1. The molecule has 2 aromatic carbocycles. The van der Waals surface area contributed by atoms with Gasteiger partial charge in [0.05, 0.1) is 6.61 Å². The van der Waals surface area contributed by atoms with Crippen LogP contribution in [0.5, 0.6) is 0 Å². The van der Waals surface area contributed by atoms with Crippen molar-refractivity contribution in [1.29, 1.82) is 0 Å². The lowest BCUT2D eigenvalue weighted by Crippen LogP contribution is -2.04. The zero-order valence-electron chi connectivity index (χ0n) is 9.98. The number of rotatable bonds is 4. The molecule has 0 saturated carbocycles. The summed E-state index contributed by atoms with van der Waals surface area (Å²) in [6.45, 7) is 2.89. The van der Waals surface area contributed by atoms with Gasteiger partial charge < -0.3 is 10.4 Å². The Bertz CT molecular complexity index is 480. The van der Waals surface area contributed by atoms with Gasteiger partial charge in [-0.25, -0.2) is 0 Å². The van der Waals surface area contributed by atoms with E-state index in [1.54, 1.807) is 0 Å². The molecular weight excluding hydrogens is 210 g/mol. The number of anilines is 1. The Hall–Kier alpha value is -1.80. The van der Waals surface area contributed by atoms with Crippen molar-refractivity contribution in [2.24, 2.45) is 0 Å². The van der Waals surface area contributed by atoms with E-state index in [9.17, 15) is 5.11 Å². The maximum Gasteiger partial charge on any atom is 0.0702 e. The minimum atomic E-state index is 0.0683. The molecule has 0 atom stereocenters. The Labute approximate surface area is 102 Å². The molecule has 0 spiro atoms. The van der Waals surface area contributed by atoms with Crippen molar-refractivity contribution in [3.63, 3.8) is 0 Å². The summed E-state index contributed by atoms with van der Waals surface area (Å²) in [6, 6.07) is 16.2. The van der Waals surface area contributed by atoms with Crippen molar-refractivity contribution >= 4 is 5.69 Å². The van der Waals surface area contributed by atoms with Gasteiger partial charge in [0.25, 0.3) is 0 Å². The Morgan fingerprint density at radius 1 is 1.00 bits per heavy atom. The van der Waals surface area contributed by atoms with Crippen LogP contribution in [-0.2, 0) is 13.2 Å². The normalized spacial score (nSPS) is 10.2. The van der Waals surface area contributed by atoms with Crippen LogP contribution >= 0.6 is 0 Å². The molecule has 0 aliphatic rings. The van der Waals surface area contributed by atoms with Gasteiger partial charge in [0.2, 0.25) is 0 Å². The number of nitrogens with one attached hydrogen (secondary N) is 1. The molecule has 2 heteroatoms. The SMILES string of the molecule is Cc1cccc(CO)c1NCc1ccccc1. The first kappa shape index (κ1) is 11.7. The molecule has 2 rings (SSSR count). The van der Waals surface area contributed by atoms with Crippen LogP contribution in [0.1, 0.15) is 16.7 Å². The molecule has 0 aliphatic heterocycles. The van der Waals surface area contributed by atoms with Gasteiger partial charge in [0.15, 0.2) is 0 Å². The van der Waals surface area contributed by atoms with E-state index in [1.807, 2.05) is 43.3 Å². The number of para-hydroxylation sites is 1. The number of hydrogen-bond donors (Lipinski definition) is 2. The molecule has 0 saturated heterocycles. The van der Waals surface area contributed by atoms with Gasteiger partial charge >= 0.3 is 0 Å². The summed E-state index contributed by atoms with van der Waals surface area (Å²) in [7, 11) is 0. The summed E-state index contributed by atoms with van der Waals surface area (Å²) >= 11 is 0. The Morgan fingerprint density at radius 3 is 2.47 bits per heavy atom. The largest absolute Gasteiger partial charge is 0.392 e. The fraction of sp³-hybridized carbons (Fsp3) is 0.200. The van der Waals surface area contributed by atoms with Crippen LogP contribution in [0, 0.1) is 6.92 Å². The maximum absolute atomic E-state index is 9.30. The minimum Gasteiger partial charge on any atom is -0.392 e. The summed E-state index contributed by atoms with van der Waals surface area (Å²) in [6.07, 6.45) is 0. The van der Waals surface area contributed by atoms with Crippen LogP contribution in [0.4, 0.5) is 5.69 Å². The predicted octanol–water partition coefficient (Wildman–Crippen LogP) is 3.10. The van der Waals surface area contributed by atoms with Crippen LogP contribution < -0.4 is 5.32 Å². The van der Waals surface area contributed by atoms with E-state index < -0.39 is 0 Å². The number of aliphatic hydroxyl groups excluding tert-OH is 1. The van der Waals surface area contributed by atoms with Crippen LogP contribution in [0.2, 0.25) is 0 Å². The number of aliphatic hydroxyl groups is 1. The number of hydrogen-bond acceptors (Lipinski definition) is 2. The molecule has 17 heavy (non-hydrogen) atoms. The van der Waals surface area contributed by atoms with Crippen LogP contribution in [0.3, 0.4) is 0 Å². The highest BCUT2D eigenvalue weighted by molar-refractivity contribution is 5.57. The first-order valence-electron chi connectivity index (χ1n) is 5.78. The van der Waals surface area contributed by atoms with Gasteiger partial charge in [-0.15, -0.1) is 0 Å². The van der Waals surface area contributed by atoms with Crippen molar-refractivity contribution in [2.75, 3.05) is 5.32 Å². The molecule has 88 valence electrons. The second-order valence-corrected chi connectivity index (χ2v) is 4.11. The molecule has 0 heterocycles. The molecule has 0 amide bonds. The highest BCUT2D eigenvalue weighted by Gasteiger charge is 2.03. The molecule has 0 aromatic heterocycles. The molecule has 2 nitrogen and oxygen atoms in total. The van der Waals surface area contributed by atoms with Crippen molar-refractivity contribution in [3.8, 4) is 0 Å². The Morgan fingerprint density at radius 2 is 1.76 bits per heavy atom. The molecular formula is C15H17NO. The zero-order chi connectivity index (χ0) is 12.1. The van der Waals surface area contributed by atoms with Crippen molar-refractivity contribution in [2.45, 2.75) is 20.1 Å². The third-order valence-corrected chi connectivity index (χ3v) is 2.84. The van der Waals surface area contributed by atoms with Gasteiger partial charge in [0, 0.05) is 17.8 Å². The molecule has 0 radical (unpaired) electrons. The van der Waals surface area contributed by atoms with Gasteiger partial charge in [0.1, 0.15) is 0 Å². The van der Waals surface area contributed by atoms with Gasteiger partial charge in [-0.1, -0.05) is 48.5 Å². The summed E-state index contributed by atoms with van der Waals surface area (Å²) in [5.74, 6) is 0. The summed E-state index contributed by atoms with van der Waals surface area (Å²) in [5.41, 5.74) is 4.38. The quantitative estimate of drug-likeness (QED) is 0.841. The fourth-order valence-corrected chi connectivity index (χ4v) is 1.90. The van der Waals surface area contributed by atoms with Gasteiger partial charge in [-0.2, -0.15) is 0 Å². The number of aryl methyl sites for hydroxylation is 1. The van der Waals surface area contributed by atoms with E-state index in [1.165, 1.54) is 5.56 Å². The average Bonchev–Trinajstić information content (AvgIpc) is 2.38. The Kier molecular flexibility index (Phi) is 3.78.